The predicted octanol–water partition coefficient (Wildman–Crippen LogP) is 5.32. The van der Waals surface area contributed by atoms with E-state index in [1.165, 1.54) is 70.6 Å². The van der Waals surface area contributed by atoms with E-state index in [9.17, 15) is 4.79 Å². The van der Waals surface area contributed by atoms with Gasteiger partial charge in [-0.3, -0.25) is 4.79 Å². The number of rotatable bonds is 15. The van der Waals surface area contributed by atoms with Gasteiger partial charge in [0.15, 0.2) is 0 Å². The van der Waals surface area contributed by atoms with E-state index in [0.29, 0.717) is 18.6 Å². The molecule has 0 unspecified atom stereocenters. The number of epoxide rings is 1. The number of carboxylic acids is 1. The van der Waals surface area contributed by atoms with Crippen LogP contribution in [0, 0.1) is 0 Å². The second-order valence-corrected chi connectivity index (χ2v) is 6.47. The molecule has 0 aromatic heterocycles. The Morgan fingerprint density at radius 3 is 1.81 bits per heavy atom. The monoisotopic (exact) mass is 298 g/mol. The molecular weight excluding hydrogens is 264 g/mol. The van der Waals surface area contributed by atoms with Gasteiger partial charge in [-0.2, -0.15) is 0 Å². The third kappa shape index (κ3) is 10.8. The number of unbranched alkanes of at least 4 members (excludes halogenated alkanes) is 9. The number of carbonyl (C=O) groups is 1. The molecule has 124 valence electrons. The zero-order valence-corrected chi connectivity index (χ0v) is 13.8. The fraction of sp³-hybridized carbons (Fsp3) is 0.944. The van der Waals surface area contributed by atoms with Crippen molar-refractivity contribution in [1.29, 1.82) is 0 Å². The first-order valence-corrected chi connectivity index (χ1v) is 9.11. The van der Waals surface area contributed by atoms with Crippen molar-refractivity contribution in [2.75, 3.05) is 0 Å². The zero-order chi connectivity index (χ0) is 15.3. The molecule has 0 spiro atoms. The number of carboxylic acid groups (broad SMARTS) is 1. The molecule has 1 heterocycles. The van der Waals surface area contributed by atoms with Crippen LogP contribution < -0.4 is 0 Å². The highest BCUT2D eigenvalue weighted by Gasteiger charge is 2.36. The van der Waals surface area contributed by atoms with Crippen molar-refractivity contribution in [2.45, 2.75) is 109 Å². The molecule has 3 nitrogen and oxygen atoms in total. The van der Waals surface area contributed by atoms with Crippen LogP contribution in [-0.4, -0.2) is 23.3 Å². The average Bonchev–Trinajstić information content (AvgIpc) is 3.20. The maximum atomic E-state index is 10.4. The van der Waals surface area contributed by atoms with Crippen molar-refractivity contribution in [3.8, 4) is 0 Å². The third-order valence-corrected chi connectivity index (χ3v) is 4.41. The van der Waals surface area contributed by atoms with Crippen molar-refractivity contribution in [2.24, 2.45) is 0 Å². The molecule has 1 saturated heterocycles. The summed E-state index contributed by atoms with van der Waals surface area (Å²) in [5, 5.41) is 8.54. The largest absolute Gasteiger partial charge is 0.481 e. The predicted molar refractivity (Wildman–Crippen MR) is 86.6 cm³/mol. The molecule has 1 fully saturated rings. The average molecular weight is 298 g/mol. The maximum absolute atomic E-state index is 10.4. The first-order chi connectivity index (χ1) is 10.2. The molecule has 1 rings (SSSR count). The van der Waals surface area contributed by atoms with E-state index in [2.05, 4.69) is 6.92 Å². The summed E-state index contributed by atoms with van der Waals surface area (Å²) >= 11 is 0. The maximum Gasteiger partial charge on any atom is 0.303 e. The molecule has 1 aliphatic heterocycles. The number of hydrogen-bond acceptors (Lipinski definition) is 2. The van der Waals surface area contributed by atoms with E-state index in [0.717, 1.165) is 12.8 Å². The molecule has 0 saturated carbocycles. The Hall–Kier alpha value is -0.570. The van der Waals surface area contributed by atoms with Crippen LogP contribution in [0.2, 0.25) is 0 Å². The fourth-order valence-electron chi connectivity index (χ4n) is 2.96. The minimum atomic E-state index is -0.668. The molecule has 1 N–H and O–H groups in total. The topological polar surface area (TPSA) is 49.8 Å². The van der Waals surface area contributed by atoms with Crippen molar-refractivity contribution < 1.29 is 14.6 Å². The van der Waals surface area contributed by atoms with E-state index in [-0.39, 0.29) is 0 Å². The summed E-state index contributed by atoms with van der Waals surface area (Å²) < 4.78 is 5.73. The SMILES string of the molecule is CCCCCCCC[C@@H]1O[C@@H]1CCCCCCCC(=O)O. The standard InChI is InChI=1S/C18H34O3/c1-2-3-4-5-7-10-13-16-17(21-16)14-11-8-6-9-12-15-18(19)20/h16-17H,2-15H2,1H3,(H,19,20)/t16-,17+/m0/s1. The van der Waals surface area contributed by atoms with Gasteiger partial charge in [-0.05, 0) is 19.3 Å². The third-order valence-electron chi connectivity index (χ3n) is 4.41. The molecule has 0 aromatic carbocycles. The summed E-state index contributed by atoms with van der Waals surface area (Å²) in [6.07, 6.45) is 17.6. The van der Waals surface area contributed by atoms with Crippen LogP contribution in [0.15, 0.2) is 0 Å². The first kappa shape index (κ1) is 18.5. The highest BCUT2D eigenvalue weighted by molar-refractivity contribution is 5.66. The van der Waals surface area contributed by atoms with Gasteiger partial charge in [0, 0.05) is 6.42 Å². The van der Waals surface area contributed by atoms with Gasteiger partial charge >= 0.3 is 5.97 Å². The van der Waals surface area contributed by atoms with Crippen molar-refractivity contribution in [3.63, 3.8) is 0 Å². The van der Waals surface area contributed by atoms with E-state index < -0.39 is 5.97 Å². The summed E-state index contributed by atoms with van der Waals surface area (Å²) in [4.78, 5) is 10.4. The van der Waals surface area contributed by atoms with Gasteiger partial charge < -0.3 is 9.84 Å². The molecule has 0 radical (unpaired) electrons. The first-order valence-electron chi connectivity index (χ1n) is 9.11. The molecule has 2 atom stereocenters. The Morgan fingerprint density at radius 1 is 0.810 bits per heavy atom. The van der Waals surface area contributed by atoms with E-state index in [4.69, 9.17) is 9.84 Å². The minimum Gasteiger partial charge on any atom is -0.481 e. The Bertz CT molecular complexity index is 265. The normalized spacial score (nSPS) is 20.6. The van der Waals surface area contributed by atoms with Gasteiger partial charge in [0.25, 0.3) is 0 Å². The van der Waals surface area contributed by atoms with Gasteiger partial charge in [0.1, 0.15) is 0 Å². The lowest BCUT2D eigenvalue weighted by Gasteiger charge is -2.00. The van der Waals surface area contributed by atoms with Crippen LogP contribution in [0.4, 0.5) is 0 Å². The Balaban J connectivity index is 1.77. The van der Waals surface area contributed by atoms with Gasteiger partial charge in [0.05, 0.1) is 12.2 Å². The second-order valence-electron chi connectivity index (χ2n) is 6.47. The molecule has 1 aliphatic rings. The van der Waals surface area contributed by atoms with Crippen molar-refractivity contribution in [1.82, 2.24) is 0 Å². The van der Waals surface area contributed by atoms with Crippen LogP contribution in [0.25, 0.3) is 0 Å². The molecule has 0 bridgehead atoms. The fourth-order valence-corrected chi connectivity index (χ4v) is 2.96. The molecule has 21 heavy (non-hydrogen) atoms. The molecule has 3 heteroatoms. The van der Waals surface area contributed by atoms with Gasteiger partial charge in [-0.25, -0.2) is 0 Å². The summed E-state index contributed by atoms with van der Waals surface area (Å²) in [7, 11) is 0. The van der Waals surface area contributed by atoms with Crippen LogP contribution in [0.5, 0.6) is 0 Å². The Morgan fingerprint density at radius 2 is 1.29 bits per heavy atom. The summed E-state index contributed by atoms with van der Waals surface area (Å²) in [5.74, 6) is -0.668. The molecular formula is C18H34O3. The van der Waals surface area contributed by atoms with Crippen LogP contribution in [0.1, 0.15) is 96.8 Å². The molecule has 0 aliphatic carbocycles. The number of hydrogen-bond donors (Lipinski definition) is 1. The van der Waals surface area contributed by atoms with Crippen molar-refractivity contribution >= 4 is 5.97 Å². The summed E-state index contributed by atoms with van der Waals surface area (Å²) in [5.41, 5.74) is 0. The number of aliphatic carboxylic acids is 1. The highest BCUT2D eigenvalue weighted by atomic mass is 16.6. The Labute approximate surface area is 130 Å². The summed E-state index contributed by atoms with van der Waals surface area (Å²) in [6, 6.07) is 0. The lowest BCUT2D eigenvalue weighted by Crippen LogP contribution is -1.95. The lowest BCUT2D eigenvalue weighted by atomic mass is 10.0. The highest BCUT2D eigenvalue weighted by Crippen LogP contribution is 2.31. The van der Waals surface area contributed by atoms with Crippen LogP contribution in [0.3, 0.4) is 0 Å². The van der Waals surface area contributed by atoms with Crippen molar-refractivity contribution in [3.05, 3.63) is 0 Å². The van der Waals surface area contributed by atoms with Gasteiger partial charge in [0.2, 0.25) is 0 Å². The van der Waals surface area contributed by atoms with Gasteiger partial charge in [-0.15, -0.1) is 0 Å². The smallest absolute Gasteiger partial charge is 0.303 e. The Kier molecular flexibility index (Phi) is 10.6. The summed E-state index contributed by atoms with van der Waals surface area (Å²) in [6.45, 7) is 2.26. The van der Waals surface area contributed by atoms with Crippen LogP contribution >= 0.6 is 0 Å². The second kappa shape index (κ2) is 12.0. The minimum absolute atomic E-state index is 0.325. The zero-order valence-electron chi connectivity index (χ0n) is 13.8. The molecule has 0 aromatic rings. The van der Waals surface area contributed by atoms with Gasteiger partial charge in [-0.1, -0.05) is 71.1 Å². The number of ether oxygens (including phenoxy) is 1. The van der Waals surface area contributed by atoms with E-state index >= 15 is 0 Å². The van der Waals surface area contributed by atoms with Crippen LogP contribution in [-0.2, 0) is 9.53 Å². The molecule has 0 amide bonds. The van der Waals surface area contributed by atoms with E-state index in [1.54, 1.807) is 0 Å². The lowest BCUT2D eigenvalue weighted by molar-refractivity contribution is -0.137. The van der Waals surface area contributed by atoms with E-state index in [1.807, 2.05) is 0 Å². The quantitative estimate of drug-likeness (QED) is 0.329.